The fraction of sp³-hybridized carbons (Fsp3) is 0.433. The molecule has 5 N–H and O–H groups in total. The van der Waals surface area contributed by atoms with E-state index in [4.69, 9.17) is 33.2 Å². The molecule has 80 heavy (non-hydrogen) atoms. The third-order valence-electron chi connectivity index (χ3n) is 16.2. The first-order valence-electron chi connectivity index (χ1n) is 26.3. The van der Waals surface area contributed by atoms with E-state index in [2.05, 4.69) is 15.6 Å². The molecule has 3 fully saturated rings. The molecule has 20 heteroatoms. The molecule has 11 atom stereocenters. The van der Waals surface area contributed by atoms with Crippen LogP contribution in [0.4, 0.5) is 10.5 Å². The van der Waals surface area contributed by atoms with Crippen LogP contribution in [0.5, 0.6) is 0 Å². The summed E-state index contributed by atoms with van der Waals surface area (Å²) in [5, 5.41) is 43.9. The van der Waals surface area contributed by atoms with Gasteiger partial charge in [0.25, 0.3) is 5.91 Å². The second kappa shape index (κ2) is 24.1. The first-order chi connectivity index (χ1) is 38.1. The summed E-state index contributed by atoms with van der Waals surface area (Å²) in [6, 6.07) is 29.1. The van der Waals surface area contributed by atoms with Gasteiger partial charge in [-0.15, -0.1) is 0 Å². The van der Waals surface area contributed by atoms with Gasteiger partial charge in [0.2, 0.25) is 0 Å². The average Bonchev–Trinajstić information content (AvgIpc) is 2.03. The standard InChI is InChI=1S/C60H67N3O17/c1-34-43(77-55(71)48(67)47(38-17-11-8-12-18-38)63-53(69)39-19-13-9-14-20-39)30-60(73)52(79-54(70)40-21-15-10-16-22-40)50-58(6,44(66)29-45-59(50,33-76-45)80-36(3)64)51(68)49(46(34)57(60,4)5)78-56(72)62-41-25-23-37(24-26-41)35(2)61-31-42(65)32-75-28-27-74-7/h8-26,43-45,47-50,52,66-67,73H,27-33H2,1-7H3,(H,62,72)(H,63,69)/t43-,44-,45+,47-,48+,49+,50-,52-,58+,59-,60-/m0/s1. The van der Waals surface area contributed by atoms with Crippen molar-refractivity contribution in [3.05, 3.63) is 149 Å². The molecule has 0 spiro atoms. The predicted octanol–water partition coefficient (Wildman–Crippen LogP) is 5.46. The number of ether oxygens (including phenoxy) is 7. The van der Waals surface area contributed by atoms with Crippen LogP contribution >= 0.6 is 0 Å². The second-order valence-electron chi connectivity index (χ2n) is 21.3. The lowest BCUT2D eigenvalue weighted by Gasteiger charge is -2.67. The Morgan fingerprint density at radius 2 is 1.44 bits per heavy atom. The van der Waals surface area contributed by atoms with Crippen LogP contribution in [0.3, 0.4) is 0 Å². The summed E-state index contributed by atoms with van der Waals surface area (Å²) >= 11 is 0. The number of Topliss-reactive ketones (excluding diaryl/α,β-unsaturated/α-hetero) is 2. The van der Waals surface area contributed by atoms with E-state index in [0.29, 0.717) is 23.4 Å². The van der Waals surface area contributed by atoms with E-state index in [1.807, 2.05) is 0 Å². The summed E-state index contributed by atoms with van der Waals surface area (Å²) in [4.78, 5) is 104. The Bertz CT molecular complexity index is 3020. The van der Waals surface area contributed by atoms with E-state index < -0.39 is 113 Å². The molecule has 20 nitrogen and oxygen atoms in total. The quantitative estimate of drug-likeness (QED) is 0.0256. The minimum absolute atomic E-state index is 0.0321. The molecule has 0 radical (unpaired) electrons. The largest absolute Gasteiger partial charge is 0.456 e. The van der Waals surface area contributed by atoms with Crippen LogP contribution in [0.25, 0.3) is 0 Å². The Morgan fingerprint density at radius 1 is 0.812 bits per heavy atom. The SMILES string of the molecule is COCCOCC(=O)CN=C(C)c1ccc(NC(=O)O[C@H]2C(=O)[C@@]3(C)[C@H]([C@H](OC(=O)c4ccccc4)[C@@]4(O)C[C@H](OC(=O)[C@H](O)[C@@H](NC(=O)c5ccccc5)c5ccccc5)C(C)=C2C4(C)C)[C@]2(OC(C)=O)CO[C@@H]2C[C@@H]3O)cc1. The third-order valence-corrected chi connectivity index (χ3v) is 16.2. The van der Waals surface area contributed by atoms with Gasteiger partial charge in [-0.2, -0.15) is 0 Å². The van der Waals surface area contributed by atoms with Crippen molar-refractivity contribution in [2.24, 2.45) is 21.7 Å². The maximum atomic E-state index is 16.2. The van der Waals surface area contributed by atoms with E-state index in [-0.39, 0.29) is 66.5 Å². The van der Waals surface area contributed by atoms with Crippen LogP contribution in [0.2, 0.25) is 0 Å². The number of nitrogens with one attached hydrogen (secondary N) is 2. The van der Waals surface area contributed by atoms with Gasteiger partial charge in [-0.3, -0.25) is 29.5 Å². The number of esters is 3. The van der Waals surface area contributed by atoms with Crippen LogP contribution in [0, 0.1) is 16.7 Å². The van der Waals surface area contributed by atoms with Gasteiger partial charge in [0, 0.05) is 49.3 Å². The first-order valence-corrected chi connectivity index (χ1v) is 26.3. The first kappa shape index (κ1) is 58.7. The highest BCUT2D eigenvalue weighted by Gasteiger charge is 2.78. The smallest absolute Gasteiger partial charge is 0.412 e. The van der Waals surface area contributed by atoms with Crippen molar-refractivity contribution in [2.75, 3.05) is 45.4 Å². The molecule has 1 aliphatic heterocycles. The lowest BCUT2D eigenvalue weighted by Crippen LogP contribution is -2.82. The highest BCUT2D eigenvalue weighted by atomic mass is 16.6. The third kappa shape index (κ3) is 11.5. The number of hydrogen-bond acceptors (Lipinski definition) is 18. The zero-order valence-electron chi connectivity index (χ0n) is 45.5. The second-order valence-corrected chi connectivity index (χ2v) is 21.3. The van der Waals surface area contributed by atoms with E-state index in [1.165, 1.54) is 46.9 Å². The molecule has 4 aromatic carbocycles. The molecular weight excluding hydrogens is 1030 g/mol. The minimum Gasteiger partial charge on any atom is -0.456 e. The summed E-state index contributed by atoms with van der Waals surface area (Å²) in [6.07, 6.45) is -12.5. The van der Waals surface area contributed by atoms with Crippen LogP contribution in [0.1, 0.15) is 92.3 Å². The van der Waals surface area contributed by atoms with Gasteiger partial charge < -0.3 is 53.8 Å². The molecule has 4 aromatic rings. The molecule has 1 saturated heterocycles. The Morgan fingerprint density at radius 3 is 2.04 bits per heavy atom. The van der Waals surface area contributed by atoms with Gasteiger partial charge in [-0.1, -0.05) is 92.7 Å². The maximum Gasteiger partial charge on any atom is 0.412 e. The summed E-state index contributed by atoms with van der Waals surface area (Å²) in [5.74, 6) is -6.55. The monoisotopic (exact) mass is 1100 g/mol. The van der Waals surface area contributed by atoms with E-state index >= 15 is 4.79 Å². The van der Waals surface area contributed by atoms with Crippen LogP contribution in [-0.4, -0.2) is 150 Å². The van der Waals surface area contributed by atoms with Gasteiger partial charge in [0.1, 0.15) is 37.1 Å². The summed E-state index contributed by atoms with van der Waals surface area (Å²) in [5.41, 5.74) is -6.45. The Hall–Kier alpha value is -7.46. The number of aliphatic hydroxyl groups is 3. The van der Waals surface area contributed by atoms with Gasteiger partial charge in [0.05, 0.1) is 48.9 Å². The van der Waals surface area contributed by atoms with E-state index in [9.17, 15) is 44.1 Å². The maximum absolute atomic E-state index is 16.2. The number of aliphatic imine (C=N–C) groups is 1. The van der Waals surface area contributed by atoms with Crippen LogP contribution in [-0.2, 0) is 52.3 Å². The van der Waals surface area contributed by atoms with Crippen molar-refractivity contribution in [3.8, 4) is 0 Å². The van der Waals surface area contributed by atoms with Crippen molar-refractivity contribution >= 4 is 52.9 Å². The number of amides is 2. The van der Waals surface area contributed by atoms with Crippen molar-refractivity contribution in [1.29, 1.82) is 0 Å². The van der Waals surface area contributed by atoms with E-state index in [1.54, 1.807) is 110 Å². The minimum atomic E-state index is -2.51. The van der Waals surface area contributed by atoms with Crippen molar-refractivity contribution in [1.82, 2.24) is 5.32 Å². The Balaban J connectivity index is 1.21. The Labute approximate surface area is 462 Å². The number of rotatable bonds is 19. The molecule has 3 aliphatic carbocycles. The summed E-state index contributed by atoms with van der Waals surface area (Å²) < 4.78 is 41.3. The number of aliphatic hydroxyl groups excluding tert-OH is 2. The average molecular weight is 1100 g/mol. The molecule has 0 aromatic heterocycles. The summed E-state index contributed by atoms with van der Waals surface area (Å²) in [7, 11) is 1.52. The predicted molar refractivity (Wildman–Crippen MR) is 287 cm³/mol. The van der Waals surface area contributed by atoms with Crippen molar-refractivity contribution in [3.63, 3.8) is 0 Å². The number of hydrogen-bond donors (Lipinski definition) is 5. The highest BCUT2D eigenvalue weighted by molar-refractivity contribution is 6.01. The number of methoxy groups -OCH3 is 1. The summed E-state index contributed by atoms with van der Waals surface area (Å²) in [6.45, 7) is 8.74. The number of anilines is 1. The van der Waals surface area contributed by atoms with E-state index in [0.717, 1.165) is 6.92 Å². The van der Waals surface area contributed by atoms with Gasteiger partial charge in [-0.25, -0.2) is 14.4 Å². The molecule has 424 valence electrons. The Kier molecular flexibility index (Phi) is 17.7. The van der Waals surface area contributed by atoms with Crippen LogP contribution < -0.4 is 10.6 Å². The molecular formula is C60H67N3O17. The molecule has 8 rings (SSSR count). The zero-order chi connectivity index (χ0) is 57.7. The molecule has 2 saturated carbocycles. The van der Waals surface area contributed by atoms with Crippen molar-refractivity contribution in [2.45, 2.75) is 108 Å². The number of fused-ring (bicyclic) bond motifs is 5. The highest BCUT2D eigenvalue weighted by Crippen LogP contribution is 2.64. The fourth-order valence-corrected chi connectivity index (χ4v) is 11.7. The fourth-order valence-electron chi connectivity index (χ4n) is 11.7. The van der Waals surface area contributed by atoms with Gasteiger partial charge >= 0.3 is 24.0 Å². The topological polar surface area (TPSA) is 281 Å². The van der Waals surface area contributed by atoms with Crippen molar-refractivity contribution < 1.29 is 82.0 Å². The molecule has 4 aliphatic rings. The van der Waals surface area contributed by atoms with Gasteiger partial charge in [0.15, 0.2) is 29.4 Å². The molecule has 1 heterocycles. The number of ketones is 2. The lowest BCUT2D eigenvalue weighted by atomic mass is 9.44. The lowest BCUT2D eigenvalue weighted by molar-refractivity contribution is -0.345. The zero-order valence-corrected chi connectivity index (χ0v) is 45.5. The number of benzene rings is 4. The number of nitrogens with zero attached hydrogens (tertiary/aromatic N) is 1. The molecule has 0 unspecified atom stereocenters. The van der Waals surface area contributed by atoms with Gasteiger partial charge in [-0.05, 0) is 79.4 Å². The number of carbonyl (C=O) groups is 7. The molecule has 2 amide bonds. The number of carbonyl (C=O) groups excluding carboxylic acids is 7. The molecule has 2 bridgehead atoms. The normalized spacial score (nSPS) is 27.5. The van der Waals surface area contributed by atoms with Crippen LogP contribution in [0.15, 0.2) is 131 Å².